The Morgan fingerprint density at radius 3 is 2.50 bits per heavy atom. The molecular weight excluding hydrogens is 416 g/mol. The van der Waals surface area contributed by atoms with Crippen molar-refractivity contribution in [2.75, 3.05) is 37.7 Å². The van der Waals surface area contributed by atoms with Crippen molar-refractivity contribution < 1.29 is 4.74 Å². The Labute approximate surface area is 209 Å². The summed E-state index contributed by atoms with van der Waals surface area (Å²) >= 11 is 0. The lowest BCUT2D eigenvalue weighted by atomic mass is 10.1. The highest BCUT2D eigenvalue weighted by Crippen LogP contribution is 2.32. The summed E-state index contributed by atoms with van der Waals surface area (Å²) in [4.78, 5) is 5.06. The smallest absolute Gasteiger partial charge is 0.119 e. The molecule has 0 amide bonds. The van der Waals surface area contributed by atoms with E-state index in [1.165, 1.54) is 61.3 Å². The zero-order valence-electron chi connectivity index (χ0n) is 22.1. The topological polar surface area (TPSA) is 15.7 Å². The number of ether oxygens (including phenoxy) is 1. The van der Waals surface area contributed by atoms with Crippen LogP contribution in [-0.4, -0.2) is 37.7 Å². The molecule has 0 unspecified atom stereocenters. The molecule has 4 rings (SSSR count). The van der Waals surface area contributed by atoms with Crippen LogP contribution in [0.3, 0.4) is 0 Å². The van der Waals surface area contributed by atoms with Crippen molar-refractivity contribution in [3.8, 4) is 5.75 Å². The Morgan fingerprint density at radius 2 is 1.74 bits per heavy atom. The monoisotopic (exact) mass is 462 g/mol. The molecule has 3 heteroatoms. The summed E-state index contributed by atoms with van der Waals surface area (Å²) < 4.78 is 6.07. The minimum absolute atomic E-state index is 0.810. The van der Waals surface area contributed by atoms with Crippen LogP contribution in [0.2, 0.25) is 0 Å². The van der Waals surface area contributed by atoms with Gasteiger partial charge in [0.15, 0.2) is 0 Å². The number of hydrogen-bond donors (Lipinski definition) is 0. The minimum atomic E-state index is 0.810. The van der Waals surface area contributed by atoms with Crippen molar-refractivity contribution in [1.82, 2.24) is 4.90 Å². The van der Waals surface area contributed by atoms with E-state index >= 15 is 0 Å². The van der Waals surface area contributed by atoms with E-state index in [1.807, 2.05) is 39.8 Å². The van der Waals surface area contributed by atoms with E-state index in [9.17, 15) is 0 Å². The van der Waals surface area contributed by atoms with Gasteiger partial charge in [-0.25, -0.2) is 0 Å². The van der Waals surface area contributed by atoms with Crippen LogP contribution in [0.4, 0.5) is 5.69 Å². The van der Waals surface area contributed by atoms with Crippen molar-refractivity contribution in [3.63, 3.8) is 0 Å². The van der Waals surface area contributed by atoms with E-state index < -0.39 is 0 Å². The van der Waals surface area contributed by atoms with E-state index in [4.69, 9.17) is 4.74 Å². The second-order valence-electron chi connectivity index (χ2n) is 8.41. The van der Waals surface area contributed by atoms with Crippen LogP contribution in [0.15, 0.2) is 61.2 Å². The van der Waals surface area contributed by atoms with Gasteiger partial charge in [0.25, 0.3) is 0 Å². The summed E-state index contributed by atoms with van der Waals surface area (Å²) in [6.45, 7) is 18.3. The predicted octanol–water partition coefficient (Wildman–Crippen LogP) is 7.76. The van der Waals surface area contributed by atoms with Crippen LogP contribution in [0.5, 0.6) is 5.75 Å². The van der Waals surface area contributed by atoms with Crippen LogP contribution in [0, 0.1) is 0 Å². The second-order valence-corrected chi connectivity index (χ2v) is 8.41. The average Bonchev–Trinajstić information content (AvgIpc) is 3.30. The molecule has 2 aromatic carbocycles. The first-order chi connectivity index (χ1) is 16.8. The number of benzene rings is 2. The molecule has 2 heterocycles. The fraction of sp³-hybridized carbons (Fsp3) is 0.484. The molecule has 0 saturated carbocycles. The average molecular weight is 463 g/mol. The quantitative estimate of drug-likeness (QED) is 0.280. The van der Waals surface area contributed by atoms with Gasteiger partial charge in [-0.1, -0.05) is 77.1 Å². The van der Waals surface area contributed by atoms with E-state index in [0.717, 1.165) is 38.3 Å². The summed E-state index contributed by atoms with van der Waals surface area (Å²) in [6.07, 6.45) is 12.2. The van der Waals surface area contributed by atoms with Crippen LogP contribution >= 0.6 is 0 Å². The Hall–Kier alpha value is -2.52. The zero-order valence-corrected chi connectivity index (χ0v) is 22.1. The van der Waals surface area contributed by atoms with Gasteiger partial charge in [0, 0.05) is 25.3 Å². The van der Waals surface area contributed by atoms with Crippen molar-refractivity contribution in [2.24, 2.45) is 0 Å². The predicted molar refractivity (Wildman–Crippen MR) is 150 cm³/mol. The maximum Gasteiger partial charge on any atom is 0.119 e. The van der Waals surface area contributed by atoms with Crippen molar-refractivity contribution in [1.29, 1.82) is 0 Å². The molecule has 2 aromatic rings. The van der Waals surface area contributed by atoms with Gasteiger partial charge in [0.1, 0.15) is 5.75 Å². The zero-order chi connectivity index (χ0) is 24.6. The highest BCUT2D eigenvalue weighted by atomic mass is 16.5. The molecule has 1 fully saturated rings. The molecule has 1 saturated heterocycles. The maximum atomic E-state index is 6.07. The highest BCUT2D eigenvalue weighted by Gasteiger charge is 2.20. The number of hydrogen-bond acceptors (Lipinski definition) is 3. The van der Waals surface area contributed by atoms with Crippen molar-refractivity contribution >= 4 is 11.8 Å². The number of likely N-dealkylation sites (tertiary alicyclic amines) is 1. The van der Waals surface area contributed by atoms with E-state index in [0.29, 0.717) is 0 Å². The summed E-state index contributed by atoms with van der Waals surface area (Å²) in [5.74, 6) is 1.02. The summed E-state index contributed by atoms with van der Waals surface area (Å²) in [6, 6.07) is 15.4. The first-order valence-corrected chi connectivity index (χ1v) is 13.4. The van der Waals surface area contributed by atoms with Gasteiger partial charge in [-0.3, -0.25) is 0 Å². The Balaban J connectivity index is 0.000000970. The summed E-state index contributed by atoms with van der Waals surface area (Å²) in [5.41, 5.74) is 5.32. The molecule has 3 nitrogen and oxygen atoms in total. The normalized spacial score (nSPS) is 15.1. The van der Waals surface area contributed by atoms with Gasteiger partial charge in [-0.15, -0.1) is 0 Å². The molecule has 0 aromatic heterocycles. The van der Waals surface area contributed by atoms with Gasteiger partial charge in [0.05, 0.1) is 6.61 Å². The molecule has 0 aliphatic carbocycles. The summed E-state index contributed by atoms with van der Waals surface area (Å²) in [7, 11) is 0. The van der Waals surface area contributed by atoms with Gasteiger partial charge in [0.2, 0.25) is 0 Å². The molecule has 0 N–H and O–H groups in total. The maximum absolute atomic E-state index is 6.07. The number of piperidine rings is 1. The third-order valence-corrected chi connectivity index (χ3v) is 6.13. The molecule has 186 valence electrons. The molecule has 0 radical (unpaired) electrons. The number of fused-ring (bicyclic) bond motifs is 1. The standard InChI is InChI=1S/C27H34N2O.2C2H6/c1-2-3-9-23-10-7-11-24(20-23)22-29-18-14-25-21-26(12-13-27(25)29)30-19-8-17-28-15-5-4-6-16-28;2*1-2/h2-3,7,9-13,20-21H,1,4-6,8,14-19,22H2;2*1-2H3/b9-3-;;. The summed E-state index contributed by atoms with van der Waals surface area (Å²) in [5, 5.41) is 0. The molecule has 0 atom stereocenters. The number of allylic oxidation sites excluding steroid dienone is 2. The molecular formula is C31H46N2O. The molecule has 2 aliphatic heterocycles. The fourth-order valence-corrected chi connectivity index (χ4v) is 4.56. The van der Waals surface area contributed by atoms with Gasteiger partial charge >= 0.3 is 0 Å². The molecule has 2 aliphatic rings. The fourth-order valence-electron chi connectivity index (χ4n) is 4.56. The second kappa shape index (κ2) is 16.2. The largest absolute Gasteiger partial charge is 0.494 e. The highest BCUT2D eigenvalue weighted by molar-refractivity contribution is 5.61. The number of anilines is 1. The van der Waals surface area contributed by atoms with E-state index in [2.05, 4.69) is 64.9 Å². The van der Waals surface area contributed by atoms with Crippen molar-refractivity contribution in [2.45, 2.75) is 66.3 Å². The number of rotatable bonds is 9. The van der Waals surface area contributed by atoms with E-state index in [-0.39, 0.29) is 0 Å². The lowest BCUT2D eigenvalue weighted by molar-refractivity contribution is 0.205. The van der Waals surface area contributed by atoms with Crippen LogP contribution in [0.25, 0.3) is 6.08 Å². The number of nitrogens with zero attached hydrogens (tertiary/aromatic N) is 2. The third kappa shape index (κ3) is 8.68. The van der Waals surface area contributed by atoms with Gasteiger partial charge in [-0.2, -0.15) is 0 Å². The lowest BCUT2D eigenvalue weighted by Gasteiger charge is -2.26. The van der Waals surface area contributed by atoms with Gasteiger partial charge in [-0.05, 0) is 79.7 Å². The van der Waals surface area contributed by atoms with Crippen LogP contribution in [-0.2, 0) is 13.0 Å². The molecule has 0 spiro atoms. The first kappa shape index (κ1) is 27.7. The molecule has 0 bridgehead atoms. The molecule has 34 heavy (non-hydrogen) atoms. The lowest BCUT2D eigenvalue weighted by Crippen LogP contribution is -2.31. The Morgan fingerprint density at radius 1 is 0.941 bits per heavy atom. The van der Waals surface area contributed by atoms with Gasteiger partial charge < -0.3 is 14.5 Å². The first-order valence-electron chi connectivity index (χ1n) is 13.4. The van der Waals surface area contributed by atoms with E-state index in [1.54, 1.807) is 0 Å². The SMILES string of the molecule is C=C/C=C\c1cccc(CN2CCc3cc(OCCCN4CCCCC4)ccc32)c1.CC.CC. The van der Waals surface area contributed by atoms with Crippen LogP contribution < -0.4 is 9.64 Å². The minimum Gasteiger partial charge on any atom is -0.494 e. The third-order valence-electron chi connectivity index (χ3n) is 6.13. The van der Waals surface area contributed by atoms with Crippen molar-refractivity contribution in [3.05, 3.63) is 77.9 Å². The van der Waals surface area contributed by atoms with Crippen LogP contribution in [0.1, 0.15) is 70.1 Å². The Kier molecular flexibility index (Phi) is 13.2. The Bertz CT molecular complexity index is 867.